The second kappa shape index (κ2) is 7.08. The van der Waals surface area contributed by atoms with Crippen molar-refractivity contribution in [2.45, 2.75) is 42.6 Å². The Morgan fingerprint density at radius 1 is 1.28 bits per heavy atom. The Balaban J connectivity index is 1.52. The summed E-state index contributed by atoms with van der Waals surface area (Å²) in [5.41, 5.74) is 7.15. The van der Waals surface area contributed by atoms with Crippen LogP contribution in [0.2, 0.25) is 0 Å². The van der Waals surface area contributed by atoms with Crippen molar-refractivity contribution in [3.63, 3.8) is 0 Å². The van der Waals surface area contributed by atoms with Crippen molar-refractivity contribution in [3.05, 3.63) is 46.8 Å². The van der Waals surface area contributed by atoms with Crippen molar-refractivity contribution >= 4 is 9.84 Å². The molecule has 0 bridgehead atoms. The van der Waals surface area contributed by atoms with E-state index in [9.17, 15) is 17.2 Å². The third kappa shape index (κ3) is 3.45. The Labute approximate surface area is 166 Å². The third-order valence-electron chi connectivity index (χ3n) is 5.56. The van der Waals surface area contributed by atoms with Gasteiger partial charge >= 0.3 is 0 Å². The average molecular weight is 430 g/mol. The van der Waals surface area contributed by atoms with E-state index in [4.69, 9.17) is 10.5 Å². The van der Waals surface area contributed by atoms with E-state index in [-0.39, 0.29) is 30.4 Å². The van der Waals surface area contributed by atoms with Crippen LogP contribution in [0.25, 0.3) is 0 Å². The van der Waals surface area contributed by atoms with Gasteiger partial charge in [-0.3, -0.25) is 4.90 Å². The van der Waals surface area contributed by atoms with Crippen LogP contribution in [0.15, 0.2) is 23.4 Å². The lowest BCUT2D eigenvalue weighted by molar-refractivity contribution is -0.0934. The van der Waals surface area contributed by atoms with Gasteiger partial charge in [-0.15, -0.1) is 0 Å². The molecule has 2 aliphatic heterocycles. The number of hydrogen-bond acceptors (Lipinski definition) is 6. The minimum atomic E-state index is -3.47. The number of ether oxygens (including phenoxy) is 1. The number of halogens is 3. The van der Waals surface area contributed by atoms with Gasteiger partial charge in [0.15, 0.2) is 0 Å². The summed E-state index contributed by atoms with van der Waals surface area (Å²) in [7, 11) is -1.87. The Bertz CT molecular complexity index is 1060. The van der Waals surface area contributed by atoms with Crippen LogP contribution in [0.1, 0.15) is 23.1 Å². The van der Waals surface area contributed by atoms with Crippen LogP contribution in [0.3, 0.4) is 0 Å². The predicted molar refractivity (Wildman–Crippen MR) is 97.3 cm³/mol. The highest BCUT2D eigenvalue weighted by Gasteiger charge is 2.45. The average Bonchev–Trinajstić information content (AvgIpc) is 3.19. The highest BCUT2D eigenvalue weighted by atomic mass is 32.2. The number of rotatable bonds is 3. The number of alkyl halides is 1. The first-order valence-electron chi connectivity index (χ1n) is 9.02. The second-order valence-corrected chi connectivity index (χ2v) is 9.44. The molecule has 1 aromatic heterocycles. The Kier molecular flexibility index (Phi) is 4.96. The molecule has 0 unspecified atom stereocenters. The maximum atomic E-state index is 15.2. The minimum Gasteiger partial charge on any atom is -0.370 e. The second-order valence-electron chi connectivity index (χ2n) is 7.53. The molecule has 4 rings (SSSR count). The van der Waals surface area contributed by atoms with Gasteiger partial charge in [0.25, 0.3) is 0 Å². The first kappa shape index (κ1) is 20.3. The first-order valence-corrected chi connectivity index (χ1v) is 10.9. The predicted octanol–water partition coefficient (Wildman–Crippen LogP) is 1.22. The van der Waals surface area contributed by atoms with Gasteiger partial charge in [-0.1, -0.05) is 0 Å². The van der Waals surface area contributed by atoms with Crippen LogP contribution in [-0.4, -0.2) is 54.0 Å². The molecule has 1 saturated heterocycles. The molecular weight excluding hydrogens is 409 g/mol. The molecule has 0 radical (unpaired) electrons. The Morgan fingerprint density at radius 3 is 2.66 bits per heavy atom. The molecule has 2 N–H and O–H groups in total. The molecule has 0 amide bonds. The number of benzene rings is 1. The van der Waals surface area contributed by atoms with Crippen LogP contribution in [-0.2, 0) is 34.7 Å². The summed E-state index contributed by atoms with van der Waals surface area (Å²) >= 11 is 0. The van der Waals surface area contributed by atoms with E-state index >= 15 is 4.39 Å². The summed E-state index contributed by atoms with van der Waals surface area (Å²) in [5, 5.41) is -0.0304. The van der Waals surface area contributed by atoms with E-state index in [1.807, 2.05) is 0 Å². The van der Waals surface area contributed by atoms with E-state index in [1.165, 1.54) is 4.57 Å². The smallest absolute Gasteiger partial charge is 0.227 e. The lowest BCUT2D eigenvalue weighted by Crippen LogP contribution is -2.57. The van der Waals surface area contributed by atoms with Gasteiger partial charge in [-0.25, -0.2) is 26.6 Å². The molecule has 2 aromatic rings. The van der Waals surface area contributed by atoms with Crippen LogP contribution < -0.4 is 5.73 Å². The van der Waals surface area contributed by atoms with Crippen LogP contribution in [0.5, 0.6) is 0 Å². The zero-order chi connectivity index (χ0) is 21.1. The van der Waals surface area contributed by atoms with Crippen molar-refractivity contribution in [2.75, 3.05) is 12.9 Å². The maximum absolute atomic E-state index is 15.2. The van der Waals surface area contributed by atoms with E-state index in [1.54, 1.807) is 11.9 Å². The summed E-state index contributed by atoms with van der Waals surface area (Å²) in [4.78, 5) is 5.95. The summed E-state index contributed by atoms with van der Waals surface area (Å²) in [5.74, 6) is -1.36. The highest BCUT2D eigenvalue weighted by Crippen LogP contribution is 2.36. The Hall–Kier alpha value is -1.95. The summed E-state index contributed by atoms with van der Waals surface area (Å²) in [6.45, 7) is 0.468. The number of fused-ring (bicyclic) bond motifs is 1. The van der Waals surface area contributed by atoms with Gasteiger partial charge in [0.2, 0.25) is 15.0 Å². The van der Waals surface area contributed by atoms with E-state index in [2.05, 4.69) is 4.98 Å². The first-order chi connectivity index (χ1) is 13.6. The van der Waals surface area contributed by atoms with Crippen molar-refractivity contribution in [2.24, 2.45) is 12.8 Å². The number of imidazole rings is 1. The standard InChI is InChI=1S/C18H21F3N4O3S/c1-24-13-7-25(6-12(13)23-18(24)29(2,26)27)14-8-28-17(16(22)15(14)21)10-5-9(19)3-4-11(10)20/h3-5,14-17H,6-8,22H2,1-2H3/t14-,15-,16-,17+/m0/s1. The molecule has 1 fully saturated rings. The number of sulfone groups is 1. The molecule has 0 aliphatic carbocycles. The van der Waals surface area contributed by atoms with Crippen LogP contribution in [0, 0.1) is 11.6 Å². The summed E-state index contributed by atoms with van der Waals surface area (Å²) in [6, 6.07) is 1.00. The number of nitrogens with zero attached hydrogens (tertiary/aromatic N) is 3. The fourth-order valence-corrected chi connectivity index (χ4v) is 4.94. The van der Waals surface area contributed by atoms with Gasteiger partial charge in [-0.2, -0.15) is 0 Å². The van der Waals surface area contributed by atoms with Crippen molar-refractivity contribution in [1.82, 2.24) is 14.5 Å². The molecular formula is C18H21F3N4O3S. The zero-order valence-corrected chi connectivity index (χ0v) is 16.7. The van der Waals surface area contributed by atoms with Gasteiger partial charge in [0.1, 0.15) is 23.9 Å². The molecule has 3 heterocycles. The quantitative estimate of drug-likeness (QED) is 0.788. The van der Waals surface area contributed by atoms with Crippen LogP contribution >= 0.6 is 0 Å². The molecule has 1 aromatic carbocycles. The summed E-state index contributed by atoms with van der Waals surface area (Å²) < 4.78 is 73.5. The number of nitrogens with two attached hydrogens (primary N) is 1. The van der Waals surface area contributed by atoms with E-state index < -0.39 is 45.8 Å². The normalized spacial score (nSPS) is 27.9. The summed E-state index contributed by atoms with van der Waals surface area (Å²) in [6.07, 6.45) is -1.57. The maximum Gasteiger partial charge on any atom is 0.227 e. The molecule has 0 saturated carbocycles. The van der Waals surface area contributed by atoms with Crippen molar-refractivity contribution in [1.29, 1.82) is 0 Å². The SMILES string of the molecule is Cn1c(S(C)(=O)=O)nc2c1CN([C@H]1CO[C@H](c3cc(F)ccc3F)[C@@H](N)[C@H]1F)C2. The largest absolute Gasteiger partial charge is 0.370 e. The van der Waals surface area contributed by atoms with Crippen LogP contribution in [0.4, 0.5) is 13.2 Å². The van der Waals surface area contributed by atoms with Gasteiger partial charge in [-0.05, 0) is 18.2 Å². The number of aromatic nitrogens is 2. The van der Waals surface area contributed by atoms with E-state index in [0.717, 1.165) is 24.5 Å². The molecule has 158 valence electrons. The van der Waals surface area contributed by atoms with Gasteiger partial charge in [0, 0.05) is 32.0 Å². The monoisotopic (exact) mass is 430 g/mol. The molecule has 11 heteroatoms. The lowest BCUT2D eigenvalue weighted by Gasteiger charge is -2.41. The minimum absolute atomic E-state index is 0.0304. The molecule has 2 aliphatic rings. The fraction of sp³-hybridized carbons (Fsp3) is 0.500. The van der Waals surface area contributed by atoms with Crippen molar-refractivity contribution in [3.8, 4) is 0 Å². The molecule has 29 heavy (non-hydrogen) atoms. The van der Waals surface area contributed by atoms with E-state index in [0.29, 0.717) is 11.4 Å². The number of hydrogen-bond donors (Lipinski definition) is 1. The third-order valence-corrected chi connectivity index (χ3v) is 6.59. The molecule has 0 spiro atoms. The van der Waals surface area contributed by atoms with Gasteiger partial charge in [0.05, 0.1) is 30.1 Å². The lowest BCUT2D eigenvalue weighted by atomic mass is 9.91. The fourth-order valence-electron chi connectivity index (χ4n) is 4.06. The Morgan fingerprint density at radius 2 is 2.00 bits per heavy atom. The topological polar surface area (TPSA) is 90.5 Å². The highest BCUT2D eigenvalue weighted by molar-refractivity contribution is 7.90. The van der Waals surface area contributed by atoms with Crippen molar-refractivity contribution < 1.29 is 26.3 Å². The molecule has 4 atom stereocenters. The zero-order valence-electron chi connectivity index (χ0n) is 15.8. The molecule has 7 nitrogen and oxygen atoms in total. The van der Waals surface area contributed by atoms with Gasteiger partial charge < -0.3 is 15.0 Å².